The fraction of sp³-hybridized carbons (Fsp3) is 0.647. The van der Waals surface area contributed by atoms with Gasteiger partial charge >= 0.3 is 0 Å². The monoisotopic (exact) mass is 331 g/mol. The van der Waals surface area contributed by atoms with Gasteiger partial charge in [-0.1, -0.05) is 57.8 Å². The summed E-state index contributed by atoms with van der Waals surface area (Å²) in [6, 6.07) is 3.91. The standard InChI is InChI=1S/C17H27Cl2NO/c1-7-20-15(8-11(2)17(3,4)5)12-9-14(19)16(21-6)10-13(12)18/h9-11,15,20H,7-8H2,1-6H3. The van der Waals surface area contributed by atoms with Crippen LogP contribution in [0.2, 0.25) is 10.0 Å². The molecule has 0 saturated carbocycles. The van der Waals surface area contributed by atoms with E-state index in [1.165, 1.54) is 0 Å². The Labute approximate surface area is 139 Å². The van der Waals surface area contributed by atoms with Gasteiger partial charge in [-0.2, -0.15) is 0 Å². The van der Waals surface area contributed by atoms with Crippen molar-refractivity contribution in [1.29, 1.82) is 0 Å². The van der Waals surface area contributed by atoms with E-state index in [9.17, 15) is 0 Å². The van der Waals surface area contributed by atoms with E-state index in [2.05, 4.69) is 39.9 Å². The van der Waals surface area contributed by atoms with Crippen molar-refractivity contribution in [3.8, 4) is 5.75 Å². The average molecular weight is 332 g/mol. The number of ether oxygens (including phenoxy) is 1. The molecule has 0 heterocycles. The smallest absolute Gasteiger partial charge is 0.138 e. The number of benzene rings is 1. The quantitative estimate of drug-likeness (QED) is 0.719. The molecule has 0 amide bonds. The van der Waals surface area contributed by atoms with Crippen molar-refractivity contribution in [2.24, 2.45) is 11.3 Å². The second-order valence-electron chi connectivity index (χ2n) is 6.62. The molecule has 2 nitrogen and oxygen atoms in total. The molecule has 1 aromatic carbocycles. The predicted octanol–water partition coefficient (Wildman–Crippen LogP) is 5.72. The van der Waals surface area contributed by atoms with Crippen LogP contribution in [0.4, 0.5) is 0 Å². The van der Waals surface area contributed by atoms with Crippen LogP contribution in [-0.4, -0.2) is 13.7 Å². The van der Waals surface area contributed by atoms with Crippen LogP contribution in [0.3, 0.4) is 0 Å². The van der Waals surface area contributed by atoms with Gasteiger partial charge in [0.05, 0.1) is 12.1 Å². The van der Waals surface area contributed by atoms with Gasteiger partial charge in [-0.15, -0.1) is 0 Å². The lowest BCUT2D eigenvalue weighted by atomic mass is 9.77. The van der Waals surface area contributed by atoms with E-state index in [0.717, 1.165) is 18.5 Å². The zero-order chi connectivity index (χ0) is 16.2. The normalized spacial score (nSPS) is 14.9. The van der Waals surface area contributed by atoms with Gasteiger partial charge in [0, 0.05) is 17.1 Å². The third kappa shape index (κ3) is 5.05. The molecule has 0 radical (unpaired) electrons. The van der Waals surface area contributed by atoms with Crippen LogP contribution in [0, 0.1) is 11.3 Å². The molecular formula is C17H27Cl2NO. The first-order valence-electron chi connectivity index (χ1n) is 7.47. The van der Waals surface area contributed by atoms with E-state index >= 15 is 0 Å². The van der Waals surface area contributed by atoms with Gasteiger partial charge in [-0.25, -0.2) is 0 Å². The molecule has 0 aliphatic carbocycles. The van der Waals surface area contributed by atoms with Crippen molar-refractivity contribution in [2.75, 3.05) is 13.7 Å². The van der Waals surface area contributed by atoms with Gasteiger partial charge in [0.2, 0.25) is 0 Å². The first kappa shape index (κ1) is 18.6. The summed E-state index contributed by atoms with van der Waals surface area (Å²) in [6.45, 7) is 12.1. The highest BCUT2D eigenvalue weighted by molar-refractivity contribution is 6.34. The molecule has 1 rings (SSSR count). The van der Waals surface area contributed by atoms with E-state index in [1.807, 2.05) is 6.07 Å². The number of rotatable bonds is 6. The number of hydrogen-bond acceptors (Lipinski definition) is 2. The Hall–Kier alpha value is -0.440. The van der Waals surface area contributed by atoms with Gasteiger partial charge in [-0.05, 0) is 35.9 Å². The van der Waals surface area contributed by atoms with Crippen LogP contribution in [-0.2, 0) is 0 Å². The summed E-state index contributed by atoms with van der Waals surface area (Å²) in [4.78, 5) is 0. The minimum atomic E-state index is 0.195. The first-order valence-corrected chi connectivity index (χ1v) is 8.22. The summed E-state index contributed by atoms with van der Waals surface area (Å²) < 4.78 is 5.22. The molecule has 2 unspecified atom stereocenters. The summed E-state index contributed by atoms with van der Waals surface area (Å²) in [7, 11) is 1.60. The molecule has 1 N–H and O–H groups in total. The van der Waals surface area contributed by atoms with Gasteiger partial charge in [0.15, 0.2) is 0 Å². The summed E-state index contributed by atoms with van der Waals surface area (Å²) in [6.07, 6.45) is 1.01. The fourth-order valence-electron chi connectivity index (χ4n) is 2.24. The Bertz CT molecular complexity index is 469. The van der Waals surface area contributed by atoms with E-state index < -0.39 is 0 Å². The number of methoxy groups -OCH3 is 1. The molecule has 0 aliphatic heterocycles. The molecule has 0 spiro atoms. The Morgan fingerprint density at radius 2 is 1.81 bits per heavy atom. The second kappa shape index (κ2) is 7.71. The largest absolute Gasteiger partial charge is 0.495 e. The lowest BCUT2D eigenvalue weighted by molar-refractivity contribution is 0.224. The molecule has 2 atom stereocenters. The first-order chi connectivity index (χ1) is 9.70. The molecule has 0 bridgehead atoms. The third-order valence-corrected chi connectivity index (χ3v) is 4.79. The molecule has 21 heavy (non-hydrogen) atoms. The Kier molecular flexibility index (Phi) is 6.83. The zero-order valence-electron chi connectivity index (χ0n) is 13.9. The molecule has 0 saturated heterocycles. The maximum Gasteiger partial charge on any atom is 0.138 e. The minimum absolute atomic E-state index is 0.195. The SMILES string of the molecule is CCNC(CC(C)C(C)(C)C)c1cc(Cl)c(OC)cc1Cl. The van der Waals surface area contributed by atoms with Crippen molar-refractivity contribution in [3.63, 3.8) is 0 Å². The van der Waals surface area contributed by atoms with Crippen molar-refractivity contribution in [2.45, 2.75) is 47.1 Å². The molecular weight excluding hydrogens is 305 g/mol. The topological polar surface area (TPSA) is 21.3 Å². The predicted molar refractivity (Wildman–Crippen MR) is 92.7 cm³/mol. The van der Waals surface area contributed by atoms with Crippen LogP contribution in [0.5, 0.6) is 5.75 Å². The zero-order valence-corrected chi connectivity index (χ0v) is 15.4. The maximum atomic E-state index is 6.43. The summed E-state index contributed by atoms with van der Waals surface area (Å²) in [5, 5.41) is 4.82. The third-order valence-electron chi connectivity index (χ3n) is 4.16. The maximum absolute atomic E-state index is 6.43. The van der Waals surface area contributed by atoms with Crippen molar-refractivity contribution in [3.05, 3.63) is 27.7 Å². The van der Waals surface area contributed by atoms with E-state index in [0.29, 0.717) is 21.7 Å². The van der Waals surface area contributed by atoms with Gasteiger partial charge in [0.25, 0.3) is 0 Å². The van der Waals surface area contributed by atoms with Crippen LogP contribution < -0.4 is 10.1 Å². The molecule has 0 aliphatic rings. The van der Waals surface area contributed by atoms with E-state index in [-0.39, 0.29) is 11.5 Å². The summed E-state index contributed by atoms with van der Waals surface area (Å²) in [5.74, 6) is 1.17. The Balaban J connectivity index is 3.08. The highest BCUT2D eigenvalue weighted by atomic mass is 35.5. The van der Waals surface area contributed by atoms with E-state index in [1.54, 1.807) is 13.2 Å². The summed E-state index contributed by atoms with van der Waals surface area (Å²) in [5.41, 5.74) is 1.30. The highest BCUT2D eigenvalue weighted by Gasteiger charge is 2.25. The van der Waals surface area contributed by atoms with Crippen molar-refractivity contribution < 1.29 is 4.74 Å². The average Bonchev–Trinajstić information content (AvgIpc) is 2.39. The van der Waals surface area contributed by atoms with Gasteiger partial charge < -0.3 is 10.1 Å². The second-order valence-corrected chi connectivity index (χ2v) is 7.44. The van der Waals surface area contributed by atoms with Crippen molar-refractivity contribution >= 4 is 23.2 Å². The highest BCUT2D eigenvalue weighted by Crippen LogP contribution is 2.38. The summed E-state index contributed by atoms with van der Waals surface area (Å²) >= 11 is 12.7. The van der Waals surface area contributed by atoms with Crippen molar-refractivity contribution in [1.82, 2.24) is 5.32 Å². The van der Waals surface area contributed by atoms with Crippen LogP contribution in [0.1, 0.15) is 52.6 Å². The van der Waals surface area contributed by atoms with E-state index in [4.69, 9.17) is 27.9 Å². The van der Waals surface area contributed by atoms with Crippen LogP contribution >= 0.6 is 23.2 Å². The number of nitrogens with one attached hydrogen (secondary N) is 1. The number of hydrogen-bond donors (Lipinski definition) is 1. The number of halogens is 2. The van der Waals surface area contributed by atoms with Gasteiger partial charge in [0.1, 0.15) is 5.75 Å². The van der Waals surface area contributed by atoms with Crippen LogP contribution in [0.15, 0.2) is 12.1 Å². The Morgan fingerprint density at radius 3 is 2.29 bits per heavy atom. The molecule has 1 aromatic rings. The molecule has 120 valence electrons. The molecule has 0 aromatic heterocycles. The molecule has 0 fully saturated rings. The van der Waals surface area contributed by atoms with Gasteiger partial charge in [-0.3, -0.25) is 0 Å². The minimum Gasteiger partial charge on any atom is -0.495 e. The fourth-order valence-corrected chi connectivity index (χ4v) is 2.78. The molecule has 4 heteroatoms. The lowest BCUT2D eigenvalue weighted by Crippen LogP contribution is -2.27. The van der Waals surface area contributed by atoms with Crippen LogP contribution in [0.25, 0.3) is 0 Å². The Morgan fingerprint density at radius 1 is 1.19 bits per heavy atom. The lowest BCUT2D eigenvalue weighted by Gasteiger charge is -2.31.